The molecule has 5 nitrogen and oxygen atoms in total. The van der Waals surface area contributed by atoms with E-state index in [1.165, 1.54) is 9.75 Å². The van der Waals surface area contributed by atoms with Crippen LogP contribution in [0.2, 0.25) is 0 Å². The second-order valence-corrected chi connectivity index (χ2v) is 7.42. The molecule has 0 spiro atoms. The maximum atomic E-state index is 12.8. The molecule has 1 aromatic heterocycles. The largest absolute Gasteiger partial charge is 0.480 e. The molecule has 2 heterocycles. The van der Waals surface area contributed by atoms with Crippen molar-refractivity contribution in [1.29, 1.82) is 0 Å². The maximum absolute atomic E-state index is 12.8. The third-order valence-electron chi connectivity index (χ3n) is 4.45. The molecule has 2 atom stereocenters. The van der Waals surface area contributed by atoms with Crippen LogP contribution in [0.5, 0.6) is 0 Å². The molecule has 1 saturated heterocycles. The zero-order valence-electron chi connectivity index (χ0n) is 12.7. The predicted molar refractivity (Wildman–Crippen MR) is 83.1 cm³/mol. The molecule has 1 aliphatic heterocycles. The lowest BCUT2D eigenvalue weighted by Gasteiger charge is -2.33. The van der Waals surface area contributed by atoms with Crippen LogP contribution < -0.4 is 0 Å². The quantitative estimate of drug-likeness (QED) is 0.902. The zero-order chi connectivity index (χ0) is 15.7. The summed E-state index contributed by atoms with van der Waals surface area (Å²) in [6.45, 7) is 3.07. The fourth-order valence-corrected chi connectivity index (χ4v) is 4.23. The molecule has 1 aromatic rings. The molecule has 6 heteroatoms. The number of rotatable bonds is 5. The van der Waals surface area contributed by atoms with Crippen molar-refractivity contribution in [2.75, 3.05) is 19.8 Å². The van der Waals surface area contributed by atoms with Crippen molar-refractivity contribution in [3.05, 3.63) is 21.9 Å². The number of nitrogens with zero attached hydrogens (tertiary/aromatic N) is 1. The van der Waals surface area contributed by atoms with E-state index in [4.69, 9.17) is 9.84 Å². The number of carbonyl (C=O) groups excluding carboxylic acids is 1. The van der Waals surface area contributed by atoms with Crippen LogP contribution in [-0.2, 0) is 14.3 Å². The number of carboxylic acid groups (broad SMARTS) is 1. The summed E-state index contributed by atoms with van der Waals surface area (Å²) in [5, 5.41) is 9.13. The van der Waals surface area contributed by atoms with Gasteiger partial charge in [0.25, 0.3) is 0 Å². The molecule has 0 aromatic carbocycles. The number of hydrogen-bond donors (Lipinski definition) is 1. The fraction of sp³-hybridized carbons (Fsp3) is 0.625. The molecule has 1 amide bonds. The van der Waals surface area contributed by atoms with Gasteiger partial charge in [-0.05, 0) is 38.3 Å². The minimum Gasteiger partial charge on any atom is -0.480 e. The molecule has 22 heavy (non-hydrogen) atoms. The Morgan fingerprint density at radius 3 is 2.68 bits per heavy atom. The maximum Gasteiger partial charge on any atom is 0.323 e. The molecular weight excluding hydrogens is 302 g/mol. The van der Waals surface area contributed by atoms with Crippen LogP contribution in [0, 0.1) is 12.8 Å². The number of aliphatic carboxylic acids is 1. The van der Waals surface area contributed by atoms with Gasteiger partial charge in [-0.15, -0.1) is 11.3 Å². The summed E-state index contributed by atoms with van der Waals surface area (Å²) >= 11 is 1.73. The minimum absolute atomic E-state index is 0.00340. The lowest BCUT2D eigenvalue weighted by atomic mass is 10.1. The Balaban J connectivity index is 1.68. The summed E-state index contributed by atoms with van der Waals surface area (Å²) in [5.41, 5.74) is 0. The van der Waals surface area contributed by atoms with E-state index in [1.807, 2.05) is 0 Å². The van der Waals surface area contributed by atoms with E-state index in [1.54, 1.807) is 16.2 Å². The van der Waals surface area contributed by atoms with E-state index < -0.39 is 5.97 Å². The van der Waals surface area contributed by atoms with Gasteiger partial charge in [-0.2, -0.15) is 0 Å². The van der Waals surface area contributed by atoms with Gasteiger partial charge in [-0.3, -0.25) is 9.59 Å². The van der Waals surface area contributed by atoms with Gasteiger partial charge in [0.15, 0.2) is 0 Å². The number of thiophene rings is 1. The molecule has 0 bridgehead atoms. The molecule has 2 aliphatic rings. The van der Waals surface area contributed by atoms with Crippen LogP contribution in [0.4, 0.5) is 0 Å². The zero-order valence-corrected chi connectivity index (χ0v) is 13.5. The normalized spacial score (nSPS) is 25.0. The van der Waals surface area contributed by atoms with Crippen molar-refractivity contribution in [3.63, 3.8) is 0 Å². The minimum atomic E-state index is -0.941. The molecule has 1 aliphatic carbocycles. The summed E-state index contributed by atoms with van der Waals surface area (Å²) in [5.74, 6) is -0.697. The Bertz CT molecular complexity index is 564. The van der Waals surface area contributed by atoms with E-state index in [9.17, 15) is 9.59 Å². The first-order valence-electron chi connectivity index (χ1n) is 7.72. The van der Waals surface area contributed by atoms with E-state index >= 15 is 0 Å². The Labute approximate surface area is 133 Å². The van der Waals surface area contributed by atoms with Gasteiger partial charge in [0.2, 0.25) is 5.91 Å². The highest BCUT2D eigenvalue weighted by Crippen LogP contribution is 2.50. The Hall–Kier alpha value is -1.40. The number of amides is 1. The van der Waals surface area contributed by atoms with E-state index in [2.05, 4.69) is 19.1 Å². The molecule has 0 unspecified atom stereocenters. The molecule has 120 valence electrons. The summed E-state index contributed by atoms with van der Waals surface area (Å²) < 4.78 is 5.32. The van der Waals surface area contributed by atoms with Crippen LogP contribution in [0.3, 0.4) is 0 Å². The van der Waals surface area contributed by atoms with Gasteiger partial charge in [0, 0.05) is 40.8 Å². The monoisotopic (exact) mass is 323 g/mol. The van der Waals surface area contributed by atoms with Crippen LogP contribution in [-0.4, -0.2) is 47.7 Å². The second-order valence-electron chi connectivity index (χ2n) is 6.10. The third-order valence-corrected chi connectivity index (χ3v) is 5.59. The highest BCUT2D eigenvalue weighted by molar-refractivity contribution is 7.12. The van der Waals surface area contributed by atoms with Gasteiger partial charge in [0.05, 0.1) is 0 Å². The first kappa shape index (κ1) is 15.5. The third kappa shape index (κ3) is 3.33. The van der Waals surface area contributed by atoms with Crippen LogP contribution in [0.15, 0.2) is 12.1 Å². The molecule has 1 saturated carbocycles. The van der Waals surface area contributed by atoms with Gasteiger partial charge in [-0.25, -0.2) is 0 Å². The smallest absolute Gasteiger partial charge is 0.323 e. The van der Waals surface area contributed by atoms with Crippen molar-refractivity contribution in [3.8, 4) is 0 Å². The Kier molecular flexibility index (Phi) is 4.49. The number of ether oxygens (including phenoxy) is 1. The Morgan fingerprint density at radius 2 is 2.09 bits per heavy atom. The fourth-order valence-electron chi connectivity index (χ4n) is 3.18. The van der Waals surface area contributed by atoms with Gasteiger partial charge in [0.1, 0.15) is 6.54 Å². The van der Waals surface area contributed by atoms with Crippen LogP contribution in [0.25, 0.3) is 0 Å². The lowest BCUT2D eigenvalue weighted by Crippen LogP contribution is -2.46. The van der Waals surface area contributed by atoms with Crippen molar-refractivity contribution < 1.29 is 19.4 Å². The van der Waals surface area contributed by atoms with Crippen LogP contribution >= 0.6 is 11.3 Å². The number of carbonyl (C=O) groups is 2. The van der Waals surface area contributed by atoms with E-state index in [-0.39, 0.29) is 30.3 Å². The topological polar surface area (TPSA) is 66.8 Å². The van der Waals surface area contributed by atoms with Crippen molar-refractivity contribution >= 4 is 23.2 Å². The summed E-state index contributed by atoms with van der Waals surface area (Å²) in [6, 6.07) is 4.17. The van der Waals surface area contributed by atoms with Gasteiger partial charge >= 0.3 is 5.97 Å². The lowest BCUT2D eigenvalue weighted by molar-refractivity contribution is -0.148. The van der Waals surface area contributed by atoms with E-state index in [0.717, 1.165) is 19.3 Å². The second kappa shape index (κ2) is 6.38. The first-order valence-corrected chi connectivity index (χ1v) is 8.54. The standard InChI is InChI=1S/C16H21NO4S/c1-10-2-3-14(22-10)12-8-13(12)16(20)17(9-15(18)19)11-4-6-21-7-5-11/h2-3,11-13H,4-9H2,1H3,(H,18,19)/t12-,13-/m0/s1. The molecule has 1 N–H and O–H groups in total. The van der Waals surface area contributed by atoms with Gasteiger partial charge in [-0.1, -0.05) is 0 Å². The summed E-state index contributed by atoms with van der Waals surface area (Å²) in [7, 11) is 0. The number of hydrogen-bond acceptors (Lipinski definition) is 4. The molecular formula is C16H21NO4S. The van der Waals surface area contributed by atoms with Crippen molar-refractivity contribution in [2.45, 2.75) is 38.1 Å². The van der Waals surface area contributed by atoms with Crippen molar-refractivity contribution in [2.24, 2.45) is 5.92 Å². The average Bonchev–Trinajstić information content (AvgIpc) is 3.19. The van der Waals surface area contributed by atoms with E-state index in [0.29, 0.717) is 13.2 Å². The highest BCUT2D eigenvalue weighted by atomic mass is 32.1. The van der Waals surface area contributed by atoms with Crippen LogP contribution in [0.1, 0.15) is 34.9 Å². The van der Waals surface area contributed by atoms with Crippen molar-refractivity contribution in [1.82, 2.24) is 4.90 Å². The average molecular weight is 323 g/mol. The SMILES string of the molecule is Cc1ccc([C@H]2C[C@@H]2C(=O)N(CC(=O)O)C2CCOCC2)s1. The predicted octanol–water partition coefficient (Wildman–Crippen LogP) is 2.25. The summed E-state index contributed by atoms with van der Waals surface area (Å²) in [6.07, 6.45) is 2.31. The Morgan fingerprint density at radius 1 is 1.36 bits per heavy atom. The highest BCUT2D eigenvalue weighted by Gasteiger charge is 2.47. The number of aryl methyl sites for hydroxylation is 1. The number of carboxylic acids is 1. The molecule has 2 fully saturated rings. The first-order chi connectivity index (χ1) is 10.6. The molecule has 0 radical (unpaired) electrons. The summed E-state index contributed by atoms with van der Waals surface area (Å²) in [4.78, 5) is 28.0. The van der Waals surface area contributed by atoms with Gasteiger partial charge < -0.3 is 14.7 Å². The molecule has 3 rings (SSSR count).